The minimum absolute atomic E-state index is 0.197. The zero-order valence-electron chi connectivity index (χ0n) is 20.3. The highest BCUT2D eigenvalue weighted by Crippen LogP contribution is 2.46. The summed E-state index contributed by atoms with van der Waals surface area (Å²) < 4.78 is 11.6. The van der Waals surface area contributed by atoms with Gasteiger partial charge < -0.3 is 19.3 Å². The molecule has 0 aromatic heterocycles. The molecule has 4 amide bonds. The van der Waals surface area contributed by atoms with Crippen LogP contribution in [0.2, 0.25) is 0 Å². The van der Waals surface area contributed by atoms with E-state index in [4.69, 9.17) is 9.47 Å². The van der Waals surface area contributed by atoms with Crippen LogP contribution < -0.4 is 10.1 Å². The second-order valence-electron chi connectivity index (χ2n) is 10.6. The van der Waals surface area contributed by atoms with E-state index < -0.39 is 17.6 Å². The number of amides is 4. The van der Waals surface area contributed by atoms with E-state index in [9.17, 15) is 19.2 Å². The van der Waals surface area contributed by atoms with E-state index in [0.717, 1.165) is 35.3 Å². The third kappa shape index (κ3) is 4.74. The van der Waals surface area contributed by atoms with Crippen LogP contribution in [-0.2, 0) is 31.1 Å². The zero-order chi connectivity index (χ0) is 24.7. The van der Waals surface area contributed by atoms with E-state index in [0.29, 0.717) is 32.5 Å². The Morgan fingerprint density at radius 3 is 2.62 bits per heavy atom. The molecule has 1 unspecified atom stereocenters. The van der Waals surface area contributed by atoms with E-state index in [1.165, 1.54) is 4.90 Å². The number of likely N-dealkylation sites (tertiary alicyclic amines) is 1. The summed E-state index contributed by atoms with van der Waals surface area (Å²) >= 11 is 0. The van der Waals surface area contributed by atoms with Gasteiger partial charge in [0.15, 0.2) is 0 Å². The highest BCUT2D eigenvalue weighted by atomic mass is 16.6. The van der Waals surface area contributed by atoms with E-state index in [2.05, 4.69) is 11.4 Å². The number of benzene rings is 1. The Kier molecular flexibility index (Phi) is 6.31. The maximum atomic E-state index is 12.5. The molecular formula is C25H33N3O6. The standard InChI is InChI=1S/C25H33N3O6/c1-16-11-20-18(12-17(16)13-28(15-29)19-5-6-21(30)26-22(19)31)25(14-33-20)7-9-27(10-8-25)23(32)34-24(2,3)4/h11-12,15,19H,5-10,13-14H2,1-4H3,(H,26,30,31). The number of rotatable bonds is 4. The van der Waals surface area contributed by atoms with E-state index in [1.54, 1.807) is 4.90 Å². The lowest BCUT2D eigenvalue weighted by atomic mass is 9.74. The van der Waals surface area contributed by atoms with Crippen LogP contribution in [0.3, 0.4) is 0 Å². The minimum atomic E-state index is -0.662. The van der Waals surface area contributed by atoms with Crippen molar-refractivity contribution in [3.63, 3.8) is 0 Å². The first-order chi connectivity index (χ1) is 16.0. The molecule has 1 N–H and O–H groups in total. The number of piperidine rings is 2. The molecule has 1 aromatic carbocycles. The van der Waals surface area contributed by atoms with Gasteiger partial charge in [0.1, 0.15) is 17.4 Å². The lowest BCUT2D eigenvalue weighted by molar-refractivity contribution is -0.141. The fourth-order valence-electron chi connectivity index (χ4n) is 5.00. The van der Waals surface area contributed by atoms with Gasteiger partial charge in [-0.05, 0) is 70.2 Å². The molecule has 2 saturated heterocycles. The first-order valence-electron chi connectivity index (χ1n) is 11.8. The molecule has 3 heterocycles. The number of fused-ring (bicyclic) bond motifs is 2. The molecule has 1 atom stereocenters. The van der Waals surface area contributed by atoms with Gasteiger partial charge in [0.2, 0.25) is 18.2 Å². The van der Waals surface area contributed by atoms with Crippen molar-refractivity contribution in [1.82, 2.24) is 15.1 Å². The van der Waals surface area contributed by atoms with E-state index in [-0.39, 0.29) is 30.4 Å². The Morgan fingerprint density at radius 1 is 1.29 bits per heavy atom. The summed E-state index contributed by atoms with van der Waals surface area (Å²) in [6, 6.07) is 3.42. The lowest BCUT2D eigenvalue weighted by Crippen LogP contribution is -2.51. The molecule has 1 aromatic rings. The van der Waals surface area contributed by atoms with Gasteiger partial charge in [-0.3, -0.25) is 19.7 Å². The van der Waals surface area contributed by atoms with Gasteiger partial charge in [0, 0.05) is 37.0 Å². The minimum Gasteiger partial charge on any atom is -0.492 e. The van der Waals surface area contributed by atoms with Crippen LogP contribution in [0.15, 0.2) is 12.1 Å². The first-order valence-corrected chi connectivity index (χ1v) is 11.8. The predicted molar refractivity (Wildman–Crippen MR) is 123 cm³/mol. The average Bonchev–Trinajstić information content (AvgIpc) is 3.08. The van der Waals surface area contributed by atoms with Crippen molar-refractivity contribution in [1.29, 1.82) is 0 Å². The number of hydrogen-bond acceptors (Lipinski definition) is 6. The molecule has 9 nitrogen and oxygen atoms in total. The fraction of sp³-hybridized carbons (Fsp3) is 0.600. The van der Waals surface area contributed by atoms with Gasteiger partial charge in [-0.2, -0.15) is 0 Å². The third-order valence-electron chi connectivity index (χ3n) is 6.98. The molecule has 3 aliphatic heterocycles. The number of hydrogen-bond donors (Lipinski definition) is 1. The van der Waals surface area contributed by atoms with Crippen molar-refractivity contribution in [2.24, 2.45) is 0 Å². The Bertz CT molecular complexity index is 1010. The Morgan fingerprint density at radius 2 is 2.00 bits per heavy atom. The number of ether oxygens (including phenoxy) is 2. The molecule has 0 radical (unpaired) electrons. The van der Waals surface area contributed by atoms with Crippen molar-refractivity contribution in [2.75, 3.05) is 19.7 Å². The van der Waals surface area contributed by atoms with Crippen molar-refractivity contribution >= 4 is 24.3 Å². The molecule has 0 aliphatic carbocycles. The number of carbonyl (C=O) groups is 4. The topological polar surface area (TPSA) is 105 Å². The Hall–Kier alpha value is -3.10. The van der Waals surface area contributed by atoms with Crippen molar-refractivity contribution < 1.29 is 28.7 Å². The van der Waals surface area contributed by atoms with Crippen LogP contribution in [0.25, 0.3) is 0 Å². The second-order valence-corrected chi connectivity index (χ2v) is 10.6. The van der Waals surface area contributed by atoms with Gasteiger partial charge in [0.25, 0.3) is 0 Å². The molecule has 2 fully saturated rings. The Balaban J connectivity index is 1.51. The zero-order valence-corrected chi connectivity index (χ0v) is 20.3. The lowest BCUT2D eigenvalue weighted by Gasteiger charge is -2.39. The predicted octanol–water partition coefficient (Wildman–Crippen LogP) is 2.42. The van der Waals surface area contributed by atoms with Crippen LogP contribution in [0.1, 0.15) is 63.1 Å². The first kappa shape index (κ1) is 24.0. The molecule has 4 rings (SSSR count). The summed E-state index contributed by atoms with van der Waals surface area (Å²) in [4.78, 5) is 51.3. The number of carbonyl (C=O) groups excluding carboxylic acids is 4. The van der Waals surface area contributed by atoms with E-state index in [1.807, 2.05) is 33.8 Å². The molecule has 9 heteroatoms. The molecule has 0 bridgehead atoms. The largest absolute Gasteiger partial charge is 0.492 e. The molecule has 34 heavy (non-hydrogen) atoms. The third-order valence-corrected chi connectivity index (χ3v) is 6.98. The summed E-state index contributed by atoms with van der Waals surface area (Å²) in [6.45, 7) is 9.53. The summed E-state index contributed by atoms with van der Waals surface area (Å²) in [5.41, 5.74) is 2.27. The van der Waals surface area contributed by atoms with Crippen LogP contribution in [0.5, 0.6) is 5.75 Å². The molecule has 1 spiro atoms. The molecular weight excluding hydrogens is 438 g/mol. The summed E-state index contributed by atoms with van der Waals surface area (Å²) in [5, 5.41) is 2.32. The summed E-state index contributed by atoms with van der Waals surface area (Å²) in [6.07, 6.45) is 2.43. The quantitative estimate of drug-likeness (QED) is 0.534. The van der Waals surface area contributed by atoms with Crippen molar-refractivity contribution in [3.8, 4) is 5.75 Å². The van der Waals surface area contributed by atoms with Crippen molar-refractivity contribution in [2.45, 2.75) is 77.0 Å². The number of nitrogens with one attached hydrogen (secondary N) is 1. The van der Waals surface area contributed by atoms with Crippen LogP contribution in [-0.4, -0.2) is 65.5 Å². The van der Waals surface area contributed by atoms with Crippen molar-refractivity contribution in [3.05, 3.63) is 28.8 Å². The second kappa shape index (κ2) is 8.92. The summed E-state index contributed by atoms with van der Waals surface area (Å²) in [7, 11) is 0. The van der Waals surface area contributed by atoms with Gasteiger partial charge in [-0.25, -0.2) is 4.79 Å². The molecule has 0 saturated carbocycles. The summed E-state index contributed by atoms with van der Waals surface area (Å²) in [5.74, 6) is 0.0970. The number of aryl methyl sites for hydroxylation is 1. The SMILES string of the molecule is Cc1cc2c(cc1CN(C=O)C1CCC(=O)NC1=O)C1(CCN(C(=O)OC(C)(C)C)CC1)CO2. The van der Waals surface area contributed by atoms with Gasteiger partial charge in [0.05, 0.1) is 6.61 Å². The molecule has 3 aliphatic rings. The smallest absolute Gasteiger partial charge is 0.410 e. The fourth-order valence-corrected chi connectivity index (χ4v) is 5.00. The van der Waals surface area contributed by atoms with Crippen LogP contribution in [0, 0.1) is 6.92 Å². The number of nitrogens with zero attached hydrogens (tertiary/aromatic N) is 2. The van der Waals surface area contributed by atoms with Gasteiger partial charge in [-0.15, -0.1) is 0 Å². The maximum Gasteiger partial charge on any atom is 0.410 e. The van der Waals surface area contributed by atoms with Crippen LogP contribution in [0.4, 0.5) is 4.79 Å². The normalized spacial score (nSPS) is 21.5. The highest BCUT2D eigenvalue weighted by Gasteiger charge is 2.45. The maximum absolute atomic E-state index is 12.5. The number of imide groups is 1. The molecule has 184 valence electrons. The monoisotopic (exact) mass is 471 g/mol. The average molecular weight is 472 g/mol. The van der Waals surface area contributed by atoms with Gasteiger partial charge >= 0.3 is 6.09 Å². The van der Waals surface area contributed by atoms with Crippen LogP contribution >= 0.6 is 0 Å². The van der Waals surface area contributed by atoms with E-state index >= 15 is 0 Å². The highest BCUT2D eigenvalue weighted by molar-refractivity contribution is 6.00. The van der Waals surface area contributed by atoms with Gasteiger partial charge in [-0.1, -0.05) is 0 Å². The Labute approximate surface area is 199 Å².